The summed E-state index contributed by atoms with van der Waals surface area (Å²) >= 11 is 0. The molecule has 1 fully saturated rings. The van der Waals surface area contributed by atoms with E-state index in [1.54, 1.807) is 35.2 Å². The van der Waals surface area contributed by atoms with Gasteiger partial charge in [-0.1, -0.05) is 36.4 Å². The Labute approximate surface area is 218 Å². The maximum absolute atomic E-state index is 13.0. The van der Waals surface area contributed by atoms with Crippen LogP contribution in [-0.4, -0.2) is 72.6 Å². The molecule has 2 aromatic rings. The Bertz CT molecular complexity index is 1170. The predicted molar refractivity (Wildman–Crippen MR) is 136 cm³/mol. The zero-order valence-electron chi connectivity index (χ0n) is 20.7. The molecule has 3 N–H and O–H groups in total. The molecule has 0 bridgehead atoms. The lowest BCUT2D eigenvalue weighted by molar-refractivity contribution is -0.384. The minimum absolute atomic E-state index is 0.0585. The number of hydrogen-bond donors (Lipinski definition) is 3. The first-order valence-electron chi connectivity index (χ1n) is 11.8. The first-order chi connectivity index (χ1) is 18.1. The molecule has 38 heavy (non-hydrogen) atoms. The number of morpholine rings is 1. The van der Waals surface area contributed by atoms with Crippen LogP contribution in [0.15, 0.2) is 48.5 Å². The number of benzene rings is 2. The Hall–Kier alpha value is -3.51. The van der Waals surface area contributed by atoms with Crippen LogP contribution in [0.4, 0.5) is 16.2 Å². The third-order valence-electron chi connectivity index (χ3n) is 5.96. The van der Waals surface area contributed by atoms with Gasteiger partial charge in [0.25, 0.3) is 5.69 Å². The third-order valence-corrected chi connectivity index (χ3v) is 7.92. The van der Waals surface area contributed by atoms with E-state index in [9.17, 15) is 34.3 Å². The number of nitrogens with one attached hydrogen (secondary N) is 1. The minimum atomic E-state index is -4.41. The normalized spacial score (nSPS) is 16.6. The number of hydrogen-bond acceptors (Lipinski definition) is 10. The molecule has 3 atom stereocenters. The summed E-state index contributed by atoms with van der Waals surface area (Å²) in [4.78, 5) is 47.8. The van der Waals surface area contributed by atoms with Crippen molar-refractivity contribution in [2.75, 3.05) is 44.5 Å². The lowest BCUT2D eigenvalue weighted by Gasteiger charge is -2.29. The Morgan fingerprint density at radius 3 is 2.53 bits per heavy atom. The van der Waals surface area contributed by atoms with E-state index < -0.39 is 42.4 Å². The van der Waals surface area contributed by atoms with E-state index in [0.29, 0.717) is 37.6 Å². The average molecular weight is 551 g/mol. The number of carbonyl (C=O) groups is 2. The summed E-state index contributed by atoms with van der Waals surface area (Å²) in [5.74, 6) is -2.83. The molecule has 1 aliphatic rings. The summed E-state index contributed by atoms with van der Waals surface area (Å²) in [6, 6.07) is 11.3. The Balaban J connectivity index is 1.67. The van der Waals surface area contributed by atoms with Crippen molar-refractivity contribution in [1.29, 1.82) is 0 Å². The summed E-state index contributed by atoms with van der Waals surface area (Å²) in [5, 5.41) is 24.7. The van der Waals surface area contributed by atoms with Crippen LogP contribution in [0.3, 0.4) is 0 Å². The van der Waals surface area contributed by atoms with Crippen molar-refractivity contribution >= 4 is 30.8 Å². The molecule has 0 aliphatic carbocycles. The number of nitro benzene ring substituents is 1. The summed E-state index contributed by atoms with van der Waals surface area (Å²) in [6.45, 7) is 1.63. The number of ether oxygens (including phenoxy) is 3. The van der Waals surface area contributed by atoms with Crippen LogP contribution in [0, 0.1) is 10.1 Å². The van der Waals surface area contributed by atoms with Gasteiger partial charge in [-0.2, -0.15) is 0 Å². The number of esters is 1. The van der Waals surface area contributed by atoms with Gasteiger partial charge in [0.2, 0.25) is 7.37 Å². The average Bonchev–Trinajstić information content (AvgIpc) is 2.94. The fourth-order valence-corrected chi connectivity index (χ4v) is 5.39. The highest BCUT2D eigenvalue weighted by Crippen LogP contribution is 2.55. The fourth-order valence-electron chi connectivity index (χ4n) is 3.89. The number of rotatable bonds is 11. The van der Waals surface area contributed by atoms with Crippen LogP contribution in [0.5, 0.6) is 0 Å². The maximum atomic E-state index is 13.0. The van der Waals surface area contributed by atoms with Gasteiger partial charge in [-0.3, -0.25) is 14.7 Å². The van der Waals surface area contributed by atoms with Gasteiger partial charge < -0.3 is 34.4 Å². The molecule has 1 saturated heterocycles. The molecule has 3 rings (SSSR count). The predicted octanol–water partition coefficient (Wildman–Crippen LogP) is 2.55. The smallest absolute Gasteiger partial charge is 0.408 e. The lowest BCUT2D eigenvalue weighted by atomic mass is 10.1. The monoisotopic (exact) mass is 551 g/mol. The van der Waals surface area contributed by atoms with E-state index >= 15 is 0 Å². The first-order valence-corrected chi connectivity index (χ1v) is 13.7. The third kappa shape index (κ3) is 7.75. The van der Waals surface area contributed by atoms with Crippen molar-refractivity contribution in [3.63, 3.8) is 0 Å². The van der Waals surface area contributed by atoms with E-state index in [0.717, 1.165) is 13.2 Å². The van der Waals surface area contributed by atoms with E-state index in [4.69, 9.17) is 9.47 Å². The second-order valence-corrected chi connectivity index (χ2v) is 11.0. The topological polar surface area (TPSA) is 178 Å². The molecular formula is C24H30N3O10P. The molecule has 2 unspecified atom stereocenters. The standard InChI is InChI=1S/C24H30N3O10P/c1-35-22(28)19(25-24(30)37-16-17-5-3-2-4-6-17)9-14-38(33,34)23(29)18-7-8-20(21(15-18)27(31)32)26-10-12-36-13-11-26/h2-8,15,19,23,29H,9-14,16H2,1H3,(H,25,30)(H,33,34)/t19-,23?/m1/s1. The number of aliphatic hydroxyl groups is 1. The van der Waals surface area contributed by atoms with Gasteiger partial charge in [0.15, 0.2) is 5.85 Å². The number of methoxy groups -OCH3 is 1. The van der Waals surface area contributed by atoms with Gasteiger partial charge in [0.05, 0.1) is 25.2 Å². The van der Waals surface area contributed by atoms with Crippen LogP contribution in [0.25, 0.3) is 0 Å². The zero-order chi connectivity index (χ0) is 27.7. The van der Waals surface area contributed by atoms with E-state index in [1.165, 1.54) is 12.1 Å². The van der Waals surface area contributed by atoms with Gasteiger partial charge in [-0.25, -0.2) is 9.59 Å². The van der Waals surface area contributed by atoms with E-state index in [1.807, 2.05) is 0 Å². The van der Waals surface area contributed by atoms with Crippen LogP contribution < -0.4 is 10.2 Å². The Kier molecular flexibility index (Phi) is 10.2. The number of carbonyl (C=O) groups excluding carboxylic acids is 2. The van der Waals surface area contributed by atoms with Gasteiger partial charge in [-0.15, -0.1) is 0 Å². The van der Waals surface area contributed by atoms with Gasteiger partial charge in [-0.05, 0) is 23.6 Å². The van der Waals surface area contributed by atoms with Crippen LogP contribution in [0.2, 0.25) is 0 Å². The fraction of sp³-hybridized carbons (Fsp3) is 0.417. The van der Waals surface area contributed by atoms with Gasteiger partial charge in [0.1, 0.15) is 18.3 Å². The number of nitro groups is 1. The summed E-state index contributed by atoms with van der Waals surface area (Å²) in [7, 11) is -3.32. The number of alkyl carbamates (subject to hydrolysis) is 1. The van der Waals surface area contributed by atoms with Crippen molar-refractivity contribution in [1.82, 2.24) is 5.32 Å². The highest BCUT2D eigenvalue weighted by Gasteiger charge is 2.35. The molecule has 14 heteroatoms. The number of aliphatic hydroxyl groups excluding tert-OH is 1. The molecular weight excluding hydrogens is 521 g/mol. The van der Waals surface area contributed by atoms with Gasteiger partial charge >= 0.3 is 12.1 Å². The van der Waals surface area contributed by atoms with Crippen molar-refractivity contribution in [3.05, 3.63) is 69.8 Å². The van der Waals surface area contributed by atoms with Crippen molar-refractivity contribution in [2.45, 2.75) is 24.9 Å². The molecule has 2 aromatic carbocycles. The molecule has 13 nitrogen and oxygen atoms in total. The molecule has 0 aromatic heterocycles. The summed E-state index contributed by atoms with van der Waals surface area (Å²) in [5.41, 5.74) is 0.586. The van der Waals surface area contributed by atoms with Crippen LogP contribution in [0.1, 0.15) is 23.4 Å². The molecule has 0 radical (unpaired) electrons. The summed E-state index contributed by atoms with van der Waals surface area (Å²) in [6.07, 6.45) is -1.88. The van der Waals surface area contributed by atoms with Crippen molar-refractivity contribution < 1.29 is 43.3 Å². The summed E-state index contributed by atoms with van der Waals surface area (Å²) < 4.78 is 28.0. The Morgan fingerprint density at radius 2 is 1.89 bits per heavy atom. The molecule has 1 heterocycles. The quantitative estimate of drug-likeness (QED) is 0.162. The molecule has 0 saturated carbocycles. The second-order valence-electron chi connectivity index (χ2n) is 8.53. The van der Waals surface area contributed by atoms with Crippen molar-refractivity contribution in [2.24, 2.45) is 0 Å². The number of anilines is 1. The largest absolute Gasteiger partial charge is 0.467 e. The number of nitrogens with zero attached hydrogens (tertiary/aromatic N) is 2. The molecule has 1 amide bonds. The van der Waals surface area contributed by atoms with Gasteiger partial charge in [0, 0.05) is 25.3 Å². The van der Waals surface area contributed by atoms with E-state index in [-0.39, 0.29) is 24.3 Å². The second kappa shape index (κ2) is 13.3. The SMILES string of the molecule is COC(=O)[C@@H](CCP(=O)(O)C(O)c1ccc(N2CCOCC2)c([N+](=O)[O-])c1)NC(=O)OCc1ccccc1. The first kappa shape index (κ1) is 29.1. The highest BCUT2D eigenvalue weighted by molar-refractivity contribution is 7.58. The van der Waals surface area contributed by atoms with Crippen LogP contribution in [-0.2, 0) is 30.2 Å². The minimum Gasteiger partial charge on any atom is -0.467 e. The Morgan fingerprint density at radius 1 is 1.21 bits per heavy atom. The van der Waals surface area contributed by atoms with Crippen molar-refractivity contribution in [3.8, 4) is 0 Å². The van der Waals surface area contributed by atoms with E-state index in [2.05, 4.69) is 10.1 Å². The van der Waals surface area contributed by atoms with Crippen LogP contribution >= 0.6 is 7.37 Å². The molecule has 206 valence electrons. The lowest BCUT2D eigenvalue weighted by Crippen LogP contribution is -2.42. The molecule has 1 aliphatic heterocycles. The highest BCUT2D eigenvalue weighted by atomic mass is 31.2. The molecule has 0 spiro atoms. The maximum Gasteiger partial charge on any atom is 0.408 e. The number of amides is 1. The zero-order valence-corrected chi connectivity index (χ0v) is 21.6.